The van der Waals surface area contributed by atoms with Crippen LogP contribution in [0.1, 0.15) is 22.5 Å². The summed E-state index contributed by atoms with van der Waals surface area (Å²) in [5.41, 5.74) is 7.16. The van der Waals surface area contributed by atoms with E-state index in [1.54, 1.807) is 24.6 Å². The third-order valence-electron chi connectivity index (χ3n) is 3.07. The minimum atomic E-state index is -4.32. The van der Waals surface area contributed by atoms with Gasteiger partial charge >= 0.3 is 6.18 Å². The van der Waals surface area contributed by atoms with Crippen molar-refractivity contribution in [3.8, 4) is 0 Å². The Balaban J connectivity index is 2.34. The van der Waals surface area contributed by atoms with Gasteiger partial charge in [0.25, 0.3) is 0 Å². The summed E-state index contributed by atoms with van der Waals surface area (Å²) >= 11 is 0. The van der Waals surface area contributed by atoms with Gasteiger partial charge in [0.05, 0.1) is 11.3 Å². The summed E-state index contributed by atoms with van der Waals surface area (Å²) in [5, 5.41) is 0. The van der Waals surface area contributed by atoms with Crippen molar-refractivity contribution in [2.75, 3.05) is 5.73 Å². The van der Waals surface area contributed by atoms with Gasteiger partial charge in [-0.1, -0.05) is 18.2 Å². The topological polar surface area (TPSA) is 43.8 Å². The van der Waals surface area contributed by atoms with Gasteiger partial charge in [0.1, 0.15) is 0 Å². The Morgan fingerprint density at radius 2 is 2.00 bits per heavy atom. The van der Waals surface area contributed by atoms with E-state index in [0.29, 0.717) is 17.9 Å². The van der Waals surface area contributed by atoms with E-state index < -0.39 is 11.7 Å². The molecular formula is C13H14F3N3. The molecule has 0 saturated carbocycles. The number of anilines is 1. The average Bonchev–Trinajstić information content (AvgIpc) is 2.55. The molecule has 102 valence electrons. The van der Waals surface area contributed by atoms with Gasteiger partial charge in [-0.15, -0.1) is 0 Å². The molecule has 19 heavy (non-hydrogen) atoms. The fourth-order valence-corrected chi connectivity index (χ4v) is 1.99. The lowest BCUT2D eigenvalue weighted by Crippen LogP contribution is -2.06. The second kappa shape index (κ2) is 4.60. The maximum atomic E-state index is 12.6. The molecule has 0 aliphatic rings. The maximum absolute atomic E-state index is 12.6. The molecule has 0 unspecified atom stereocenters. The number of hydrogen-bond acceptors (Lipinski definition) is 2. The molecule has 3 nitrogen and oxygen atoms in total. The molecule has 1 aromatic carbocycles. The van der Waals surface area contributed by atoms with Crippen molar-refractivity contribution in [3.05, 3.63) is 46.8 Å². The molecule has 0 fully saturated rings. The van der Waals surface area contributed by atoms with Crippen molar-refractivity contribution in [1.82, 2.24) is 9.55 Å². The van der Waals surface area contributed by atoms with E-state index in [1.807, 2.05) is 0 Å². The molecule has 2 rings (SSSR count). The van der Waals surface area contributed by atoms with Gasteiger partial charge in [-0.05, 0) is 18.6 Å². The number of hydrogen-bond donors (Lipinski definition) is 1. The summed E-state index contributed by atoms with van der Waals surface area (Å²) in [6.45, 7) is 1.79. The number of aryl methyl sites for hydroxylation is 1. The van der Waals surface area contributed by atoms with Crippen molar-refractivity contribution in [2.24, 2.45) is 7.05 Å². The number of aromatic nitrogens is 2. The summed E-state index contributed by atoms with van der Waals surface area (Å²) in [5.74, 6) is 0.361. The highest BCUT2D eigenvalue weighted by molar-refractivity contribution is 5.34. The first-order chi connectivity index (χ1) is 8.79. The van der Waals surface area contributed by atoms with Gasteiger partial charge in [0.15, 0.2) is 5.95 Å². The monoisotopic (exact) mass is 269 g/mol. The number of rotatable bonds is 2. The highest BCUT2D eigenvalue weighted by Crippen LogP contribution is 2.30. The highest BCUT2D eigenvalue weighted by atomic mass is 19.4. The van der Waals surface area contributed by atoms with E-state index in [9.17, 15) is 13.2 Å². The lowest BCUT2D eigenvalue weighted by atomic mass is 10.1. The molecule has 2 N–H and O–H groups in total. The van der Waals surface area contributed by atoms with Crippen LogP contribution in [0.15, 0.2) is 24.3 Å². The van der Waals surface area contributed by atoms with Crippen LogP contribution in [0.3, 0.4) is 0 Å². The minimum absolute atomic E-state index is 0.361. The van der Waals surface area contributed by atoms with Crippen LogP contribution in [-0.2, 0) is 19.6 Å². The summed E-state index contributed by atoms with van der Waals surface area (Å²) in [6, 6.07) is 5.29. The third kappa shape index (κ3) is 2.72. The van der Waals surface area contributed by atoms with Crippen LogP contribution in [0.2, 0.25) is 0 Å². The van der Waals surface area contributed by atoms with Gasteiger partial charge in [0, 0.05) is 19.2 Å². The average molecular weight is 269 g/mol. The second-order valence-electron chi connectivity index (χ2n) is 4.44. The normalized spacial score (nSPS) is 11.8. The Morgan fingerprint density at radius 3 is 2.53 bits per heavy atom. The van der Waals surface area contributed by atoms with E-state index in [1.165, 1.54) is 6.07 Å². The number of halogens is 3. The molecule has 1 heterocycles. The van der Waals surface area contributed by atoms with Crippen molar-refractivity contribution >= 4 is 5.95 Å². The molecular weight excluding hydrogens is 255 g/mol. The maximum Gasteiger partial charge on any atom is 0.416 e. The largest absolute Gasteiger partial charge is 0.416 e. The van der Waals surface area contributed by atoms with Crippen LogP contribution in [0.5, 0.6) is 0 Å². The molecule has 0 aliphatic heterocycles. The predicted octanol–water partition coefficient (Wildman–Crippen LogP) is 2.92. The molecule has 0 bridgehead atoms. The Bertz CT molecular complexity index is 600. The van der Waals surface area contributed by atoms with Gasteiger partial charge in [0.2, 0.25) is 0 Å². The Hall–Kier alpha value is -1.98. The van der Waals surface area contributed by atoms with Crippen molar-refractivity contribution in [1.29, 1.82) is 0 Å². The van der Waals surface area contributed by atoms with Crippen LogP contribution in [-0.4, -0.2) is 9.55 Å². The van der Waals surface area contributed by atoms with Crippen LogP contribution in [0, 0.1) is 6.92 Å². The van der Waals surface area contributed by atoms with Crippen molar-refractivity contribution < 1.29 is 13.2 Å². The van der Waals surface area contributed by atoms with Crippen LogP contribution in [0.25, 0.3) is 0 Å². The number of nitrogens with zero attached hydrogens (tertiary/aromatic N) is 2. The number of nitrogen functional groups attached to an aromatic ring is 1. The van der Waals surface area contributed by atoms with E-state index in [-0.39, 0.29) is 0 Å². The minimum Gasteiger partial charge on any atom is -0.369 e. The molecule has 1 aromatic heterocycles. The lowest BCUT2D eigenvalue weighted by molar-refractivity contribution is -0.137. The quantitative estimate of drug-likeness (QED) is 0.911. The summed E-state index contributed by atoms with van der Waals surface area (Å²) < 4.78 is 39.6. The molecule has 0 amide bonds. The molecule has 0 radical (unpaired) electrons. The van der Waals surface area contributed by atoms with Gasteiger partial charge in [-0.3, -0.25) is 0 Å². The van der Waals surface area contributed by atoms with E-state index >= 15 is 0 Å². The number of alkyl halides is 3. The lowest BCUT2D eigenvalue weighted by Gasteiger charge is -2.09. The van der Waals surface area contributed by atoms with Gasteiger partial charge in [-0.2, -0.15) is 13.2 Å². The molecule has 0 aliphatic carbocycles. The fraction of sp³-hybridized carbons (Fsp3) is 0.308. The first kappa shape index (κ1) is 13.5. The van der Waals surface area contributed by atoms with Crippen LogP contribution in [0.4, 0.5) is 19.1 Å². The predicted molar refractivity (Wildman–Crippen MR) is 66.6 cm³/mol. The molecule has 0 spiro atoms. The number of imidazole rings is 1. The Labute approximate surface area is 108 Å². The van der Waals surface area contributed by atoms with Crippen LogP contribution >= 0.6 is 0 Å². The van der Waals surface area contributed by atoms with Crippen molar-refractivity contribution in [2.45, 2.75) is 19.5 Å². The van der Waals surface area contributed by atoms with E-state index in [2.05, 4.69) is 4.98 Å². The Morgan fingerprint density at radius 1 is 1.32 bits per heavy atom. The smallest absolute Gasteiger partial charge is 0.369 e. The zero-order valence-electron chi connectivity index (χ0n) is 10.6. The van der Waals surface area contributed by atoms with Gasteiger partial charge in [-0.25, -0.2) is 4.98 Å². The SMILES string of the molecule is Cc1nc(N)n(C)c1Cc1cccc(C(F)(F)F)c1. The first-order valence-electron chi connectivity index (χ1n) is 5.73. The van der Waals surface area contributed by atoms with Crippen molar-refractivity contribution in [3.63, 3.8) is 0 Å². The highest BCUT2D eigenvalue weighted by Gasteiger charge is 2.30. The molecule has 2 aromatic rings. The summed E-state index contributed by atoms with van der Waals surface area (Å²) in [4.78, 5) is 4.10. The Kier molecular flexibility index (Phi) is 3.26. The van der Waals surface area contributed by atoms with E-state index in [0.717, 1.165) is 23.5 Å². The third-order valence-corrected chi connectivity index (χ3v) is 3.07. The zero-order chi connectivity index (χ0) is 14.2. The molecule has 0 saturated heterocycles. The zero-order valence-corrected chi connectivity index (χ0v) is 10.6. The second-order valence-corrected chi connectivity index (χ2v) is 4.44. The molecule has 0 atom stereocenters. The number of nitrogens with two attached hydrogens (primary N) is 1. The number of benzene rings is 1. The van der Waals surface area contributed by atoms with Crippen LogP contribution < -0.4 is 5.73 Å². The fourth-order valence-electron chi connectivity index (χ4n) is 1.99. The van der Waals surface area contributed by atoms with Gasteiger partial charge < -0.3 is 10.3 Å². The van der Waals surface area contributed by atoms with E-state index in [4.69, 9.17) is 5.73 Å². The summed E-state index contributed by atoms with van der Waals surface area (Å²) in [6.07, 6.45) is -3.95. The molecule has 6 heteroatoms. The summed E-state index contributed by atoms with van der Waals surface area (Å²) in [7, 11) is 1.75. The first-order valence-corrected chi connectivity index (χ1v) is 5.73. The standard InChI is InChI=1S/C13H14F3N3/c1-8-11(19(2)12(17)18-8)7-9-4-3-5-10(6-9)13(14,15)16/h3-6H,7H2,1-2H3,(H2,17,18).